The molecule has 0 bridgehead atoms. The average molecular weight is 298 g/mol. The number of benzene rings is 1. The molecule has 2 aromatic heterocycles. The molecule has 3 rings (SSSR count). The van der Waals surface area contributed by atoms with Gasteiger partial charge in [0.2, 0.25) is 0 Å². The van der Waals surface area contributed by atoms with E-state index in [-0.39, 0.29) is 0 Å². The maximum Gasteiger partial charge on any atom is 0.150 e. The predicted octanol–water partition coefficient (Wildman–Crippen LogP) is 4.49. The Kier molecular flexibility index (Phi) is 2.73. The Balaban J connectivity index is 2.25. The van der Waals surface area contributed by atoms with Crippen LogP contribution in [0.15, 0.2) is 17.5 Å². The molecule has 0 atom stereocenters. The molecule has 0 saturated carbocycles. The number of H-pyrrole nitrogens is 1. The summed E-state index contributed by atoms with van der Waals surface area (Å²) in [4.78, 5) is 8.60. The molecule has 0 aliphatic rings. The van der Waals surface area contributed by atoms with Gasteiger partial charge in [-0.2, -0.15) is 0 Å². The lowest BCUT2D eigenvalue weighted by Crippen LogP contribution is -1.86. The molecule has 0 aliphatic heterocycles. The number of aromatic nitrogens is 2. The smallest absolute Gasteiger partial charge is 0.150 e. The van der Waals surface area contributed by atoms with Crippen LogP contribution in [0.3, 0.4) is 0 Å². The lowest BCUT2D eigenvalue weighted by molar-refractivity contribution is 1.35. The monoisotopic (exact) mass is 297 g/mol. The van der Waals surface area contributed by atoms with E-state index in [1.807, 2.05) is 12.3 Å². The summed E-state index contributed by atoms with van der Waals surface area (Å²) in [6, 6.07) is 3.49. The van der Waals surface area contributed by atoms with Gasteiger partial charge in [-0.05, 0) is 30.0 Å². The molecule has 92 valence electrons. The normalized spacial score (nSPS) is 11.3. The number of aromatic amines is 1. The first-order chi connectivity index (χ1) is 8.56. The number of hydrogen-bond acceptors (Lipinski definition) is 3. The molecule has 6 heteroatoms. The molecule has 3 nitrogen and oxygen atoms in total. The number of thiophene rings is 1. The van der Waals surface area contributed by atoms with E-state index >= 15 is 0 Å². The molecule has 0 amide bonds. The summed E-state index contributed by atoms with van der Waals surface area (Å²) in [5.41, 5.74) is 9.04. The molecule has 0 spiro atoms. The summed E-state index contributed by atoms with van der Waals surface area (Å²) in [5.74, 6) is 0.724. The number of nitrogens with two attached hydrogens (primary N) is 1. The van der Waals surface area contributed by atoms with E-state index < -0.39 is 0 Å². The highest BCUT2D eigenvalue weighted by Gasteiger charge is 2.14. The lowest BCUT2D eigenvalue weighted by Gasteiger charge is -1.94. The van der Waals surface area contributed by atoms with Gasteiger partial charge in [0.05, 0.1) is 21.1 Å². The SMILES string of the molecule is Cc1csc(-c2nc3c(N)cc(Cl)cc3[nH]2)c1Cl. The van der Waals surface area contributed by atoms with Gasteiger partial charge in [-0.15, -0.1) is 11.3 Å². The van der Waals surface area contributed by atoms with Crippen LogP contribution >= 0.6 is 34.5 Å². The van der Waals surface area contributed by atoms with Crippen molar-refractivity contribution in [1.29, 1.82) is 0 Å². The number of anilines is 1. The van der Waals surface area contributed by atoms with Crippen LogP contribution < -0.4 is 5.73 Å². The minimum absolute atomic E-state index is 0.560. The van der Waals surface area contributed by atoms with Crippen molar-refractivity contribution in [1.82, 2.24) is 9.97 Å². The number of nitrogens with zero attached hydrogens (tertiary/aromatic N) is 1. The topological polar surface area (TPSA) is 54.7 Å². The third-order valence-corrected chi connectivity index (χ3v) is 4.62. The summed E-state index contributed by atoms with van der Waals surface area (Å²) in [6.07, 6.45) is 0. The molecule has 2 heterocycles. The summed E-state index contributed by atoms with van der Waals surface area (Å²) >= 11 is 13.8. The van der Waals surface area contributed by atoms with Gasteiger partial charge in [-0.3, -0.25) is 0 Å². The van der Waals surface area contributed by atoms with Crippen molar-refractivity contribution in [2.24, 2.45) is 0 Å². The van der Waals surface area contributed by atoms with Crippen molar-refractivity contribution in [3.05, 3.63) is 33.1 Å². The molecule has 1 aromatic carbocycles. The van der Waals surface area contributed by atoms with Crippen molar-refractivity contribution >= 4 is 51.3 Å². The molecule has 0 saturated heterocycles. The van der Waals surface area contributed by atoms with Crippen molar-refractivity contribution in [2.45, 2.75) is 6.92 Å². The Bertz CT molecular complexity index is 745. The van der Waals surface area contributed by atoms with E-state index in [1.165, 1.54) is 0 Å². The van der Waals surface area contributed by atoms with Crippen molar-refractivity contribution in [2.75, 3.05) is 5.73 Å². The zero-order valence-electron chi connectivity index (χ0n) is 9.42. The predicted molar refractivity (Wildman–Crippen MR) is 78.6 cm³/mol. The standard InChI is InChI=1S/C12H9Cl2N3S/c1-5-4-18-11(9(5)14)12-16-8-3-6(13)2-7(15)10(8)17-12/h2-4H,15H2,1H3,(H,16,17). The first-order valence-corrected chi connectivity index (χ1v) is 6.88. The van der Waals surface area contributed by atoms with Crippen LogP contribution in [0.1, 0.15) is 5.56 Å². The van der Waals surface area contributed by atoms with Crippen LogP contribution in [-0.4, -0.2) is 9.97 Å². The third-order valence-electron chi connectivity index (χ3n) is 2.70. The number of halogens is 2. The van der Waals surface area contributed by atoms with E-state index in [1.54, 1.807) is 23.5 Å². The number of fused-ring (bicyclic) bond motifs is 1. The minimum atomic E-state index is 0.560. The highest BCUT2D eigenvalue weighted by Crippen LogP contribution is 2.36. The largest absolute Gasteiger partial charge is 0.397 e. The van der Waals surface area contributed by atoms with E-state index in [2.05, 4.69) is 9.97 Å². The Hall–Kier alpha value is -1.23. The Morgan fingerprint density at radius 3 is 2.78 bits per heavy atom. The van der Waals surface area contributed by atoms with Crippen LogP contribution in [-0.2, 0) is 0 Å². The Labute approximate surface area is 118 Å². The second-order valence-electron chi connectivity index (χ2n) is 4.04. The average Bonchev–Trinajstić information content (AvgIpc) is 2.84. The molecule has 0 fully saturated rings. The molecular formula is C12H9Cl2N3S. The van der Waals surface area contributed by atoms with Crippen molar-refractivity contribution < 1.29 is 0 Å². The molecule has 0 radical (unpaired) electrons. The van der Waals surface area contributed by atoms with E-state index in [4.69, 9.17) is 28.9 Å². The molecule has 0 unspecified atom stereocenters. The number of hydrogen-bond donors (Lipinski definition) is 2. The second kappa shape index (κ2) is 4.16. The first-order valence-electron chi connectivity index (χ1n) is 5.25. The van der Waals surface area contributed by atoms with Crippen molar-refractivity contribution in [3.63, 3.8) is 0 Å². The quantitative estimate of drug-likeness (QED) is 0.650. The van der Waals surface area contributed by atoms with Crippen LogP contribution in [0.4, 0.5) is 5.69 Å². The fraction of sp³-hybridized carbons (Fsp3) is 0.0833. The Morgan fingerprint density at radius 1 is 1.33 bits per heavy atom. The minimum Gasteiger partial charge on any atom is -0.397 e. The number of rotatable bonds is 1. The molecule has 3 aromatic rings. The van der Waals surface area contributed by atoms with Gasteiger partial charge in [0.1, 0.15) is 11.3 Å². The van der Waals surface area contributed by atoms with Gasteiger partial charge < -0.3 is 10.7 Å². The Morgan fingerprint density at radius 2 is 2.11 bits per heavy atom. The summed E-state index contributed by atoms with van der Waals surface area (Å²) in [5, 5.41) is 3.31. The van der Waals surface area contributed by atoms with Crippen LogP contribution in [0, 0.1) is 6.92 Å². The highest BCUT2D eigenvalue weighted by molar-refractivity contribution is 7.14. The molecule has 3 N–H and O–H groups in total. The van der Waals surface area contributed by atoms with Gasteiger partial charge in [0.15, 0.2) is 0 Å². The number of nitrogens with one attached hydrogen (secondary N) is 1. The third kappa shape index (κ3) is 1.77. The van der Waals surface area contributed by atoms with Crippen LogP contribution in [0.25, 0.3) is 21.7 Å². The molecule has 0 aliphatic carbocycles. The van der Waals surface area contributed by atoms with E-state index in [0.717, 1.165) is 32.3 Å². The van der Waals surface area contributed by atoms with Crippen LogP contribution in [0.5, 0.6) is 0 Å². The van der Waals surface area contributed by atoms with Gasteiger partial charge in [0, 0.05) is 5.02 Å². The second-order valence-corrected chi connectivity index (χ2v) is 5.73. The maximum atomic E-state index is 6.24. The lowest BCUT2D eigenvalue weighted by atomic mass is 10.3. The summed E-state index contributed by atoms with van der Waals surface area (Å²) in [6.45, 7) is 1.97. The molecular weight excluding hydrogens is 289 g/mol. The van der Waals surface area contributed by atoms with Gasteiger partial charge >= 0.3 is 0 Å². The zero-order valence-corrected chi connectivity index (χ0v) is 11.7. The van der Waals surface area contributed by atoms with Crippen molar-refractivity contribution in [3.8, 4) is 10.7 Å². The van der Waals surface area contributed by atoms with Gasteiger partial charge in [-0.25, -0.2) is 4.98 Å². The number of nitrogen functional groups attached to an aromatic ring is 1. The number of imidazole rings is 1. The first kappa shape index (κ1) is 11.8. The molecule has 18 heavy (non-hydrogen) atoms. The van der Waals surface area contributed by atoms with Gasteiger partial charge in [0.25, 0.3) is 0 Å². The number of aryl methyl sites for hydroxylation is 1. The summed E-state index contributed by atoms with van der Waals surface area (Å²) < 4.78 is 0. The fourth-order valence-corrected chi connectivity index (χ4v) is 3.26. The highest BCUT2D eigenvalue weighted by atomic mass is 35.5. The fourth-order valence-electron chi connectivity index (χ4n) is 1.80. The summed E-state index contributed by atoms with van der Waals surface area (Å²) in [7, 11) is 0. The van der Waals surface area contributed by atoms with E-state index in [9.17, 15) is 0 Å². The van der Waals surface area contributed by atoms with Crippen LogP contribution in [0.2, 0.25) is 10.0 Å². The van der Waals surface area contributed by atoms with E-state index in [0.29, 0.717) is 10.7 Å². The van der Waals surface area contributed by atoms with Gasteiger partial charge in [-0.1, -0.05) is 23.2 Å². The maximum absolute atomic E-state index is 6.24. The zero-order chi connectivity index (χ0) is 12.9.